The van der Waals surface area contributed by atoms with Crippen LogP contribution in [0, 0.1) is 25.1 Å². The lowest BCUT2D eigenvalue weighted by molar-refractivity contribution is -0.144. The largest absolute Gasteiger partial charge is 0.391 e. The number of aliphatic hydroxyl groups is 1. The lowest BCUT2D eigenvalue weighted by Gasteiger charge is -2.35. The van der Waals surface area contributed by atoms with Crippen LogP contribution in [0.1, 0.15) is 139 Å². The van der Waals surface area contributed by atoms with E-state index in [2.05, 4.69) is 31.3 Å². The Morgan fingerprint density at radius 2 is 1.43 bits per heavy atom. The van der Waals surface area contributed by atoms with Crippen LogP contribution in [-0.4, -0.2) is 79.2 Å². The molecule has 2 aromatic heterocycles. The molecule has 5 amide bonds. The molecule has 3 atom stereocenters. The number of carbonyl (C=O) groups excluding carboxylic acids is 5. The predicted octanol–water partition coefficient (Wildman–Crippen LogP) is 11.7. The Morgan fingerprint density at radius 3 is 2.07 bits per heavy atom. The first-order valence-corrected chi connectivity index (χ1v) is 27.6. The van der Waals surface area contributed by atoms with Crippen LogP contribution in [-0.2, 0) is 20.9 Å². The number of carbonyl (C=O) groups is 5. The smallest absolute Gasteiger partial charge is 0.323 e. The van der Waals surface area contributed by atoms with Gasteiger partial charge in [-0.3, -0.25) is 19.2 Å². The van der Waals surface area contributed by atoms with Gasteiger partial charge < -0.3 is 37.0 Å². The molecule has 4 aromatic carbocycles. The quantitative estimate of drug-likeness (QED) is 0.0318. The number of hydrogen-bond donors (Lipinski definition) is 6. The third-order valence-electron chi connectivity index (χ3n) is 14.1. The van der Waals surface area contributed by atoms with Gasteiger partial charge in [-0.1, -0.05) is 140 Å². The van der Waals surface area contributed by atoms with Gasteiger partial charge in [0.2, 0.25) is 23.6 Å². The van der Waals surface area contributed by atoms with E-state index in [9.17, 15) is 33.5 Å². The minimum Gasteiger partial charge on any atom is -0.391 e. The number of rotatable bonds is 24. The maximum Gasteiger partial charge on any atom is 0.323 e. The van der Waals surface area contributed by atoms with E-state index in [1.165, 1.54) is 15.6 Å². The highest BCUT2D eigenvalue weighted by Crippen LogP contribution is 2.34. The van der Waals surface area contributed by atoms with Crippen molar-refractivity contribution in [3.05, 3.63) is 113 Å². The average molecular weight is 1060 g/mol. The molecule has 0 radical (unpaired) electrons. The number of benzene rings is 4. The van der Waals surface area contributed by atoms with Crippen molar-refractivity contribution in [1.82, 2.24) is 30.3 Å². The normalized spacial score (nSPS) is 14.9. The van der Waals surface area contributed by atoms with E-state index in [1.807, 2.05) is 94.7 Å². The number of fused-ring (bicyclic) bond motifs is 1. The number of halogens is 1. The summed E-state index contributed by atoms with van der Waals surface area (Å²) in [4.78, 5) is 73.5. The molecule has 1 fully saturated rings. The zero-order valence-corrected chi connectivity index (χ0v) is 45.4. The summed E-state index contributed by atoms with van der Waals surface area (Å²) in [6.45, 7) is 9.78. The first kappa shape index (κ1) is 56.7. The summed E-state index contributed by atoms with van der Waals surface area (Å²) in [5, 5.41) is 26.9. The number of unbranched alkanes of at least 4 members (excludes halogenated alkanes) is 11. The first-order chi connectivity index (χ1) is 36.5. The molecule has 3 unspecified atom stereocenters. The van der Waals surface area contributed by atoms with Crippen molar-refractivity contribution in [3.63, 3.8) is 0 Å². The number of aliphatic hydroxyl groups excluding tert-OH is 1. The van der Waals surface area contributed by atoms with Crippen molar-refractivity contribution in [1.29, 1.82) is 0 Å². The number of β-amino-alcohol motifs (C(OH)–C–C–N with tert-alkyl or cyclic N) is 1. The second kappa shape index (κ2) is 26.7. The molecule has 15 nitrogen and oxygen atoms in total. The molecule has 0 spiro atoms. The number of urea groups is 1. The number of hydrogen-bond acceptors (Lipinski definition) is 10. The molecule has 7 N–H and O–H groups in total. The number of amides is 5. The molecule has 7 rings (SSSR count). The van der Waals surface area contributed by atoms with Gasteiger partial charge in [0, 0.05) is 38.0 Å². The van der Waals surface area contributed by atoms with Gasteiger partial charge in [0.1, 0.15) is 17.9 Å². The van der Waals surface area contributed by atoms with E-state index in [0.29, 0.717) is 29.4 Å². The Bertz CT molecular complexity index is 2950. The molecule has 1 aliphatic rings. The van der Waals surface area contributed by atoms with Crippen LogP contribution in [0.15, 0.2) is 90.4 Å². The highest BCUT2D eigenvalue weighted by molar-refractivity contribution is 7.13. The average Bonchev–Trinajstić information content (AvgIpc) is 4.13. The monoisotopic (exact) mass is 1060 g/mol. The summed E-state index contributed by atoms with van der Waals surface area (Å²) >= 11 is 1.58. The maximum atomic E-state index is 14.1. The van der Waals surface area contributed by atoms with Crippen LogP contribution in [0.5, 0.6) is 0 Å². The van der Waals surface area contributed by atoms with E-state index in [0.717, 1.165) is 115 Å². The maximum absolute atomic E-state index is 14.1. The van der Waals surface area contributed by atoms with Gasteiger partial charge in [-0.05, 0) is 90.3 Å². The standard InChI is InChI=1S/C59H74FN9O6S/c1-38-23-32-46(60)47(33-38)65-58(75)64-43-30-28-41(29-31-43)45-19-18-20-48-52(45)55(61)67-69(48)51(72)22-17-15-13-11-9-7-6-8-10-12-14-16-21-50(71)66-54(59(3,4)5)57(74)68-36-44(70)34-49(68)56(73)62-35-40-24-26-42(27-25-40)53-39(2)63-37-76-53/h18-20,23-33,37,44,49,54,70H,6-17,21-22,34-36H2,1-5H3,(H2,61,67)(H,62,73)(H,66,71)(H2,64,65,75). The van der Waals surface area contributed by atoms with E-state index >= 15 is 0 Å². The van der Waals surface area contributed by atoms with Crippen molar-refractivity contribution in [2.24, 2.45) is 5.41 Å². The summed E-state index contributed by atoms with van der Waals surface area (Å²) in [7, 11) is 0. The van der Waals surface area contributed by atoms with E-state index in [-0.39, 0.29) is 54.6 Å². The zero-order chi connectivity index (χ0) is 54.4. The number of aromatic nitrogens is 3. The molecule has 76 heavy (non-hydrogen) atoms. The van der Waals surface area contributed by atoms with E-state index in [1.54, 1.807) is 35.6 Å². The van der Waals surface area contributed by atoms with Crippen molar-refractivity contribution >= 4 is 69.1 Å². The van der Waals surface area contributed by atoms with Crippen molar-refractivity contribution in [2.45, 2.75) is 156 Å². The Balaban J connectivity index is 0.740. The van der Waals surface area contributed by atoms with Gasteiger partial charge in [-0.15, -0.1) is 16.4 Å². The first-order valence-electron chi connectivity index (χ1n) is 26.8. The third kappa shape index (κ3) is 15.3. The molecular formula is C59H74FN9O6S. The molecule has 0 saturated carbocycles. The molecule has 0 bridgehead atoms. The molecule has 0 aliphatic carbocycles. The molecule has 404 valence electrons. The fraction of sp³-hybridized carbons (Fsp3) is 0.441. The summed E-state index contributed by atoms with van der Waals surface area (Å²) in [6.07, 6.45) is 12.2. The Kier molecular flexibility index (Phi) is 19.9. The van der Waals surface area contributed by atoms with E-state index < -0.39 is 35.5 Å². The molecule has 6 aromatic rings. The fourth-order valence-electron chi connectivity index (χ4n) is 9.83. The van der Waals surface area contributed by atoms with Gasteiger partial charge >= 0.3 is 6.03 Å². The van der Waals surface area contributed by atoms with Crippen LogP contribution in [0.2, 0.25) is 0 Å². The summed E-state index contributed by atoms with van der Waals surface area (Å²) in [6, 6.07) is 23.0. The summed E-state index contributed by atoms with van der Waals surface area (Å²) in [5.74, 6) is -1.25. The Labute approximate surface area is 449 Å². The lowest BCUT2D eigenvalue weighted by Crippen LogP contribution is -2.57. The third-order valence-corrected chi connectivity index (χ3v) is 15.0. The van der Waals surface area contributed by atoms with Crippen molar-refractivity contribution < 1.29 is 33.5 Å². The molecular weight excluding hydrogens is 982 g/mol. The topological polar surface area (TPSA) is 214 Å². The zero-order valence-electron chi connectivity index (χ0n) is 44.6. The van der Waals surface area contributed by atoms with Crippen LogP contribution >= 0.6 is 11.3 Å². The predicted molar refractivity (Wildman–Crippen MR) is 300 cm³/mol. The van der Waals surface area contributed by atoms with Gasteiger partial charge in [0.05, 0.1) is 38.8 Å². The minimum atomic E-state index is -0.851. The number of thiazole rings is 1. The summed E-state index contributed by atoms with van der Waals surface area (Å²) in [5.41, 5.74) is 14.3. The Hall–Kier alpha value is -6.98. The van der Waals surface area contributed by atoms with Crippen LogP contribution in [0.4, 0.5) is 26.4 Å². The second-order valence-electron chi connectivity index (χ2n) is 21.2. The second-order valence-corrected chi connectivity index (χ2v) is 22.1. The summed E-state index contributed by atoms with van der Waals surface area (Å²) < 4.78 is 15.6. The number of likely N-dealkylation sites (tertiary alicyclic amines) is 1. The van der Waals surface area contributed by atoms with Crippen LogP contribution < -0.4 is 27.0 Å². The van der Waals surface area contributed by atoms with Crippen LogP contribution in [0.3, 0.4) is 0 Å². The van der Waals surface area contributed by atoms with Crippen LogP contribution in [0.25, 0.3) is 32.5 Å². The van der Waals surface area contributed by atoms with Crippen molar-refractivity contribution in [2.75, 3.05) is 22.9 Å². The molecule has 1 saturated heterocycles. The number of nitrogens with zero attached hydrogens (tertiary/aromatic N) is 4. The molecule has 1 aliphatic heterocycles. The number of anilines is 3. The molecule has 17 heteroatoms. The van der Waals surface area contributed by atoms with Gasteiger partial charge in [-0.25, -0.2) is 14.2 Å². The Morgan fingerprint density at radius 1 is 0.803 bits per heavy atom. The van der Waals surface area contributed by atoms with Gasteiger partial charge in [-0.2, -0.15) is 4.68 Å². The number of nitrogens with two attached hydrogens (primary N) is 1. The fourth-order valence-corrected chi connectivity index (χ4v) is 10.6. The highest BCUT2D eigenvalue weighted by atomic mass is 32.1. The van der Waals surface area contributed by atoms with Crippen molar-refractivity contribution in [3.8, 4) is 21.6 Å². The van der Waals surface area contributed by atoms with Gasteiger partial charge in [0.25, 0.3) is 0 Å². The number of aryl methyl sites for hydroxylation is 2. The van der Waals surface area contributed by atoms with E-state index in [4.69, 9.17) is 5.73 Å². The number of nitrogen functional groups attached to an aromatic ring is 1. The SMILES string of the molecule is Cc1ccc(F)c(NC(=O)Nc2ccc(-c3cccc4c3c(N)nn4C(=O)CCCCCCCCCCCCCCC(=O)NC(C(=O)N3CC(O)CC3C(=O)NCc3ccc(-c4scnc4C)cc3)C(C)(C)C)cc2)c1. The number of nitrogens with one attached hydrogen (secondary N) is 4. The minimum absolute atomic E-state index is 0.0304. The van der Waals surface area contributed by atoms with Gasteiger partial charge in [0.15, 0.2) is 5.82 Å². The molecule has 3 heterocycles. The lowest BCUT2D eigenvalue weighted by atomic mass is 9.85. The highest BCUT2D eigenvalue weighted by Gasteiger charge is 2.44.